The monoisotopic (exact) mass is 459 g/mol. The molecule has 0 saturated carbocycles. The van der Waals surface area contributed by atoms with Crippen LogP contribution in [0, 0.1) is 21.4 Å². The Labute approximate surface area is 195 Å². The van der Waals surface area contributed by atoms with E-state index in [2.05, 4.69) is 5.32 Å². The normalized spacial score (nSPS) is 10.8. The van der Waals surface area contributed by atoms with Gasteiger partial charge in [0, 0.05) is 17.8 Å². The van der Waals surface area contributed by atoms with E-state index in [4.69, 9.17) is 9.47 Å². The average molecular weight is 459 g/mol. The molecule has 3 rings (SSSR count). The van der Waals surface area contributed by atoms with E-state index in [0.29, 0.717) is 29.4 Å². The molecule has 0 saturated heterocycles. The number of ether oxygens (including phenoxy) is 2. The molecule has 0 aliphatic heterocycles. The third-order valence-corrected chi connectivity index (χ3v) is 4.61. The van der Waals surface area contributed by atoms with Crippen molar-refractivity contribution in [2.75, 3.05) is 11.9 Å². The molecule has 3 aromatic rings. The maximum Gasteiger partial charge on any atom is 0.269 e. The van der Waals surface area contributed by atoms with Crippen molar-refractivity contribution >= 4 is 23.4 Å². The van der Waals surface area contributed by atoms with Gasteiger partial charge in [-0.05, 0) is 72.7 Å². The smallest absolute Gasteiger partial charge is 0.269 e. The number of nitro groups is 1. The van der Waals surface area contributed by atoms with Crippen LogP contribution in [0.1, 0.15) is 18.1 Å². The molecule has 0 aliphatic carbocycles. The van der Waals surface area contributed by atoms with Crippen molar-refractivity contribution in [2.24, 2.45) is 0 Å². The summed E-state index contributed by atoms with van der Waals surface area (Å²) in [4.78, 5) is 22.8. The minimum atomic E-state index is -0.593. The van der Waals surface area contributed by atoms with Crippen LogP contribution in [0.3, 0.4) is 0 Å². The van der Waals surface area contributed by atoms with Crippen LogP contribution in [0.2, 0.25) is 0 Å². The van der Waals surface area contributed by atoms with Crippen LogP contribution >= 0.6 is 0 Å². The fraction of sp³-hybridized carbons (Fsp3) is 0.120. The van der Waals surface area contributed by atoms with E-state index in [1.807, 2.05) is 13.0 Å². The van der Waals surface area contributed by atoms with E-state index >= 15 is 0 Å². The van der Waals surface area contributed by atoms with Crippen LogP contribution in [0.15, 0.2) is 72.3 Å². The van der Waals surface area contributed by atoms with Gasteiger partial charge in [0.25, 0.3) is 11.6 Å². The lowest BCUT2D eigenvalue weighted by Gasteiger charge is -2.13. The Hall–Kier alpha value is -4.84. The molecule has 0 heterocycles. The number of hydrogen-bond donors (Lipinski definition) is 2. The van der Waals surface area contributed by atoms with Gasteiger partial charge in [0.1, 0.15) is 24.0 Å². The van der Waals surface area contributed by atoms with Crippen LogP contribution in [0.5, 0.6) is 17.2 Å². The Morgan fingerprint density at radius 2 is 1.79 bits per heavy atom. The van der Waals surface area contributed by atoms with Crippen molar-refractivity contribution in [3.05, 3.63) is 93.5 Å². The van der Waals surface area contributed by atoms with Gasteiger partial charge >= 0.3 is 0 Å². The van der Waals surface area contributed by atoms with E-state index in [-0.39, 0.29) is 23.6 Å². The summed E-state index contributed by atoms with van der Waals surface area (Å²) in [7, 11) is 0. The second-order valence-electron chi connectivity index (χ2n) is 7.02. The lowest BCUT2D eigenvalue weighted by atomic mass is 10.1. The third-order valence-electron chi connectivity index (χ3n) is 4.61. The molecule has 172 valence electrons. The van der Waals surface area contributed by atoms with Gasteiger partial charge in [-0.1, -0.05) is 6.07 Å². The maximum absolute atomic E-state index is 12.5. The molecule has 3 aromatic carbocycles. The van der Waals surface area contributed by atoms with Crippen molar-refractivity contribution in [1.29, 1.82) is 5.26 Å². The summed E-state index contributed by atoms with van der Waals surface area (Å²) in [6.45, 7) is 2.35. The molecule has 0 aliphatic rings. The summed E-state index contributed by atoms with van der Waals surface area (Å²) in [6.07, 6.45) is 1.43. The first-order chi connectivity index (χ1) is 16.4. The Morgan fingerprint density at radius 3 is 2.41 bits per heavy atom. The molecule has 2 N–H and O–H groups in total. The predicted molar refractivity (Wildman–Crippen MR) is 125 cm³/mol. The summed E-state index contributed by atoms with van der Waals surface area (Å²) < 4.78 is 11.5. The minimum Gasteiger partial charge on any atom is -0.508 e. The van der Waals surface area contributed by atoms with Crippen molar-refractivity contribution < 1.29 is 24.3 Å². The van der Waals surface area contributed by atoms with E-state index in [1.165, 1.54) is 42.5 Å². The first kappa shape index (κ1) is 23.8. The van der Waals surface area contributed by atoms with Crippen molar-refractivity contribution in [3.8, 4) is 23.3 Å². The van der Waals surface area contributed by atoms with Crippen LogP contribution in [0.25, 0.3) is 6.08 Å². The van der Waals surface area contributed by atoms with Gasteiger partial charge in [-0.2, -0.15) is 5.26 Å². The number of aromatic hydroxyl groups is 1. The number of phenols is 1. The zero-order valence-electron chi connectivity index (χ0n) is 18.2. The Bertz CT molecular complexity index is 1250. The quantitative estimate of drug-likeness (QED) is 0.154. The number of phenolic OH excluding ortho intramolecular Hbond substituents is 1. The van der Waals surface area contributed by atoms with Gasteiger partial charge in [0.15, 0.2) is 11.5 Å². The van der Waals surface area contributed by atoms with Gasteiger partial charge < -0.3 is 19.9 Å². The molecular formula is C25H21N3O6. The maximum atomic E-state index is 12.5. The number of nitriles is 1. The number of carbonyl (C=O) groups excluding carboxylic acids is 1. The number of rotatable bonds is 9. The number of amides is 1. The lowest BCUT2D eigenvalue weighted by Crippen LogP contribution is -2.13. The largest absolute Gasteiger partial charge is 0.508 e. The molecule has 0 radical (unpaired) electrons. The highest BCUT2D eigenvalue weighted by molar-refractivity contribution is 6.09. The molecule has 34 heavy (non-hydrogen) atoms. The zero-order valence-corrected chi connectivity index (χ0v) is 18.2. The van der Waals surface area contributed by atoms with Crippen LogP contribution in [0.4, 0.5) is 11.4 Å². The van der Waals surface area contributed by atoms with E-state index in [1.54, 1.807) is 30.3 Å². The number of non-ortho nitro benzene ring substituents is 1. The Morgan fingerprint density at radius 1 is 1.09 bits per heavy atom. The summed E-state index contributed by atoms with van der Waals surface area (Å²) >= 11 is 0. The second kappa shape index (κ2) is 11.2. The Kier molecular flexibility index (Phi) is 7.81. The summed E-state index contributed by atoms with van der Waals surface area (Å²) in [5.41, 5.74) is 1.62. The van der Waals surface area contributed by atoms with Crippen LogP contribution in [-0.2, 0) is 11.4 Å². The summed E-state index contributed by atoms with van der Waals surface area (Å²) in [6, 6.07) is 18.8. The molecule has 0 spiro atoms. The fourth-order valence-electron chi connectivity index (χ4n) is 2.94. The number of nitrogens with one attached hydrogen (secondary N) is 1. The molecule has 9 nitrogen and oxygen atoms in total. The average Bonchev–Trinajstić information content (AvgIpc) is 2.83. The van der Waals surface area contributed by atoms with Gasteiger partial charge in [0.05, 0.1) is 11.5 Å². The molecule has 0 aromatic heterocycles. The molecular weight excluding hydrogens is 438 g/mol. The molecule has 0 bridgehead atoms. The fourth-order valence-corrected chi connectivity index (χ4v) is 2.94. The van der Waals surface area contributed by atoms with Gasteiger partial charge in [-0.3, -0.25) is 14.9 Å². The molecule has 0 fully saturated rings. The first-order valence-electron chi connectivity index (χ1n) is 10.2. The molecule has 0 unspecified atom stereocenters. The highest BCUT2D eigenvalue weighted by Crippen LogP contribution is 2.30. The summed E-state index contributed by atoms with van der Waals surface area (Å²) in [5, 5.41) is 32.2. The van der Waals surface area contributed by atoms with E-state index < -0.39 is 10.8 Å². The number of carbonyl (C=O) groups is 1. The predicted octanol–water partition coefficient (Wildman–Crippen LogP) is 4.82. The van der Waals surface area contributed by atoms with Crippen molar-refractivity contribution in [2.45, 2.75) is 13.5 Å². The number of nitro benzene ring substituents is 1. The minimum absolute atomic E-state index is 0.00218. The SMILES string of the molecule is CCOc1cc(/C=C(/C#N)C(=O)Nc2ccc(O)cc2)ccc1OCc1ccc([N+](=O)[O-])cc1. The molecule has 0 atom stereocenters. The standard InChI is InChI=1S/C25H21N3O6/c1-2-33-24-14-18(13-19(15-26)25(30)27-20-6-10-22(29)11-7-20)5-12-23(24)34-16-17-3-8-21(9-4-17)28(31)32/h3-14,29H,2,16H2,1H3,(H,27,30)/b19-13-. The van der Waals surface area contributed by atoms with Crippen molar-refractivity contribution in [3.63, 3.8) is 0 Å². The number of hydrogen-bond acceptors (Lipinski definition) is 7. The highest BCUT2D eigenvalue weighted by atomic mass is 16.6. The molecule has 1 amide bonds. The summed E-state index contributed by atoms with van der Waals surface area (Å²) in [5.74, 6) is 0.344. The third kappa shape index (κ3) is 6.34. The topological polar surface area (TPSA) is 135 Å². The first-order valence-corrected chi connectivity index (χ1v) is 10.2. The van der Waals surface area contributed by atoms with Crippen molar-refractivity contribution in [1.82, 2.24) is 0 Å². The molecule has 9 heteroatoms. The van der Waals surface area contributed by atoms with Gasteiger partial charge in [-0.25, -0.2) is 0 Å². The van der Waals surface area contributed by atoms with Crippen LogP contribution in [-0.4, -0.2) is 22.5 Å². The Balaban J connectivity index is 1.75. The second-order valence-corrected chi connectivity index (χ2v) is 7.02. The van der Waals surface area contributed by atoms with E-state index in [0.717, 1.165) is 5.56 Å². The zero-order chi connectivity index (χ0) is 24.5. The number of benzene rings is 3. The van der Waals surface area contributed by atoms with Gasteiger partial charge in [0.2, 0.25) is 0 Å². The highest BCUT2D eigenvalue weighted by Gasteiger charge is 2.12. The number of nitrogens with zero attached hydrogens (tertiary/aromatic N) is 2. The lowest BCUT2D eigenvalue weighted by molar-refractivity contribution is -0.384. The van der Waals surface area contributed by atoms with Gasteiger partial charge in [-0.15, -0.1) is 0 Å². The van der Waals surface area contributed by atoms with E-state index in [9.17, 15) is 25.3 Å². The van der Waals surface area contributed by atoms with Crippen LogP contribution < -0.4 is 14.8 Å². The number of anilines is 1.